The Hall–Kier alpha value is -0.410. The lowest BCUT2D eigenvalue weighted by atomic mass is 9.90. The van der Waals surface area contributed by atoms with E-state index in [1.165, 1.54) is 0 Å². The van der Waals surface area contributed by atoms with Crippen LogP contribution in [0.4, 0.5) is 4.39 Å². The molecule has 1 aliphatic rings. The first-order valence-electron chi connectivity index (χ1n) is 4.73. The van der Waals surface area contributed by atoms with E-state index >= 15 is 0 Å². The Morgan fingerprint density at radius 1 is 1.43 bits per heavy atom. The normalized spacial score (nSPS) is 27.6. The molecule has 1 nitrogen and oxygen atoms in total. The lowest BCUT2D eigenvalue weighted by Crippen LogP contribution is -2.31. The van der Waals surface area contributed by atoms with Crippen LogP contribution in [0.3, 0.4) is 0 Å². The van der Waals surface area contributed by atoms with Crippen molar-refractivity contribution < 1.29 is 9.13 Å². The maximum atomic E-state index is 14.3. The summed E-state index contributed by atoms with van der Waals surface area (Å²) in [5.41, 5.74) is -0.575. The Morgan fingerprint density at radius 3 is 2.93 bits per heavy atom. The van der Waals surface area contributed by atoms with Gasteiger partial charge in [-0.3, -0.25) is 0 Å². The molecule has 1 aromatic carbocycles. The van der Waals surface area contributed by atoms with E-state index in [9.17, 15) is 4.39 Å². The van der Waals surface area contributed by atoms with Crippen molar-refractivity contribution in [1.82, 2.24) is 0 Å². The zero-order valence-electron chi connectivity index (χ0n) is 7.80. The van der Waals surface area contributed by atoms with E-state index in [1.54, 1.807) is 0 Å². The smallest absolute Gasteiger partial charge is 0.159 e. The minimum absolute atomic E-state index is 0.184. The Balaban J connectivity index is 2.28. The van der Waals surface area contributed by atoms with Crippen molar-refractivity contribution in [3.63, 3.8) is 0 Å². The highest BCUT2D eigenvalue weighted by atomic mass is 79.9. The predicted molar refractivity (Wildman–Crippen MR) is 57.0 cm³/mol. The van der Waals surface area contributed by atoms with Crippen molar-refractivity contribution in [1.29, 1.82) is 0 Å². The third-order valence-electron chi connectivity index (χ3n) is 2.53. The number of hydrogen-bond acceptors (Lipinski definition) is 1. The summed E-state index contributed by atoms with van der Waals surface area (Å²) in [5.74, 6) is 0. The number of rotatable bonds is 1. The molecular formula is C11H12BrFO. The summed E-state index contributed by atoms with van der Waals surface area (Å²) >= 11 is 3.35. The predicted octanol–water partition coefficient (Wildman–Crippen LogP) is 3.42. The molecule has 2 rings (SSSR count). The molecule has 1 atom stereocenters. The van der Waals surface area contributed by atoms with Gasteiger partial charge in [0.25, 0.3) is 0 Å². The molecule has 0 N–H and O–H groups in total. The third kappa shape index (κ3) is 1.98. The van der Waals surface area contributed by atoms with Crippen LogP contribution in [0, 0.1) is 0 Å². The molecule has 1 heterocycles. The fourth-order valence-electron chi connectivity index (χ4n) is 1.76. The Bertz CT molecular complexity index is 321. The van der Waals surface area contributed by atoms with Crippen LogP contribution in [0.2, 0.25) is 0 Å². The largest absolute Gasteiger partial charge is 0.378 e. The number of halogens is 2. The second-order valence-electron chi connectivity index (χ2n) is 3.63. The second kappa shape index (κ2) is 3.99. The fourth-order valence-corrected chi connectivity index (χ4v) is 2.15. The summed E-state index contributed by atoms with van der Waals surface area (Å²) in [7, 11) is 0. The van der Waals surface area contributed by atoms with E-state index in [1.807, 2.05) is 24.3 Å². The molecule has 1 aliphatic heterocycles. The van der Waals surface area contributed by atoms with E-state index in [-0.39, 0.29) is 6.61 Å². The maximum absolute atomic E-state index is 14.3. The van der Waals surface area contributed by atoms with E-state index in [4.69, 9.17) is 4.74 Å². The molecule has 0 aliphatic carbocycles. The first-order valence-corrected chi connectivity index (χ1v) is 5.53. The summed E-state index contributed by atoms with van der Waals surface area (Å²) in [4.78, 5) is 0. The van der Waals surface area contributed by atoms with E-state index in [2.05, 4.69) is 15.9 Å². The summed E-state index contributed by atoms with van der Waals surface area (Å²) in [6, 6.07) is 7.40. The maximum Gasteiger partial charge on any atom is 0.159 e. The van der Waals surface area contributed by atoms with Crippen LogP contribution >= 0.6 is 15.9 Å². The Morgan fingerprint density at radius 2 is 2.29 bits per heavy atom. The van der Waals surface area contributed by atoms with Crippen molar-refractivity contribution in [3.05, 3.63) is 34.3 Å². The van der Waals surface area contributed by atoms with Gasteiger partial charge in [0.15, 0.2) is 5.67 Å². The van der Waals surface area contributed by atoms with Crippen LogP contribution in [0.15, 0.2) is 28.7 Å². The number of benzene rings is 1. The molecule has 0 aromatic heterocycles. The van der Waals surface area contributed by atoms with Gasteiger partial charge in [-0.25, -0.2) is 4.39 Å². The molecule has 0 amide bonds. The van der Waals surface area contributed by atoms with Crippen LogP contribution < -0.4 is 0 Å². The first kappa shape index (κ1) is 10.1. The van der Waals surface area contributed by atoms with E-state index in [0.29, 0.717) is 18.6 Å². The molecule has 1 aromatic rings. The highest BCUT2D eigenvalue weighted by Gasteiger charge is 2.34. The lowest BCUT2D eigenvalue weighted by Gasteiger charge is -2.29. The van der Waals surface area contributed by atoms with Crippen molar-refractivity contribution in [2.24, 2.45) is 0 Å². The highest BCUT2D eigenvalue weighted by Crippen LogP contribution is 2.35. The molecule has 1 saturated heterocycles. The minimum Gasteiger partial charge on any atom is -0.378 e. The van der Waals surface area contributed by atoms with Gasteiger partial charge >= 0.3 is 0 Å². The van der Waals surface area contributed by atoms with E-state index < -0.39 is 5.67 Å². The minimum atomic E-state index is -1.29. The molecule has 1 unspecified atom stereocenters. The average molecular weight is 259 g/mol. The zero-order chi connectivity index (χ0) is 10.0. The third-order valence-corrected chi connectivity index (χ3v) is 3.03. The second-order valence-corrected chi connectivity index (χ2v) is 4.55. The van der Waals surface area contributed by atoms with Crippen molar-refractivity contribution in [2.75, 3.05) is 13.2 Å². The molecule has 0 radical (unpaired) electrons. The molecule has 14 heavy (non-hydrogen) atoms. The van der Waals surface area contributed by atoms with Crippen molar-refractivity contribution >= 4 is 15.9 Å². The summed E-state index contributed by atoms with van der Waals surface area (Å²) in [6.07, 6.45) is 1.35. The fraction of sp³-hybridized carbons (Fsp3) is 0.455. The zero-order valence-corrected chi connectivity index (χ0v) is 9.39. The van der Waals surface area contributed by atoms with Gasteiger partial charge in [0.2, 0.25) is 0 Å². The van der Waals surface area contributed by atoms with Crippen LogP contribution in [0.25, 0.3) is 0 Å². The lowest BCUT2D eigenvalue weighted by molar-refractivity contribution is -0.0347. The number of hydrogen-bond donors (Lipinski definition) is 0. The molecule has 0 bridgehead atoms. The van der Waals surface area contributed by atoms with Gasteiger partial charge < -0.3 is 4.74 Å². The van der Waals surface area contributed by atoms with Gasteiger partial charge in [0.1, 0.15) is 0 Å². The van der Waals surface area contributed by atoms with Crippen LogP contribution in [0.5, 0.6) is 0 Å². The van der Waals surface area contributed by atoms with Crippen LogP contribution in [-0.2, 0) is 10.4 Å². The summed E-state index contributed by atoms with van der Waals surface area (Å²) < 4.78 is 20.4. The highest BCUT2D eigenvalue weighted by molar-refractivity contribution is 9.10. The number of alkyl halides is 1. The van der Waals surface area contributed by atoms with Crippen molar-refractivity contribution in [3.8, 4) is 0 Å². The van der Waals surface area contributed by atoms with Gasteiger partial charge in [-0.2, -0.15) is 0 Å². The molecule has 76 valence electrons. The average Bonchev–Trinajstić information content (AvgIpc) is 2.19. The molecule has 0 saturated carbocycles. The van der Waals surface area contributed by atoms with Crippen LogP contribution in [0.1, 0.15) is 18.4 Å². The van der Waals surface area contributed by atoms with Gasteiger partial charge in [-0.1, -0.05) is 28.1 Å². The van der Waals surface area contributed by atoms with Crippen molar-refractivity contribution in [2.45, 2.75) is 18.5 Å². The topological polar surface area (TPSA) is 9.23 Å². The standard InChI is InChI=1S/C11H12BrFO/c12-10-4-1-3-9(7-10)11(13)5-2-6-14-8-11/h1,3-4,7H,2,5-6,8H2. The molecule has 1 fully saturated rings. The van der Waals surface area contributed by atoms with Gasteiger partial charge in [-0.05, 0) is 30.5 Å². The van der Waals surface area contributed by atoms with E-state index in [0.717, 1.165) is 10.9 Å². The Labute approximate surface area is 91.4 Å². The monoisotopic (exact) mass is 258 g/mol. The molecular weight excluding hydrogens is 247 g/mol. The molecule has 0 spiro atoms. The summed E-state index contributed by atoms with van der Waals surface area (Å²) in [5, 5.41) is 0. The Kier molecular flexibility index (Phi) is 2.88. The van der Waals surface area contributed by atoms with Gasteiger partial charge in [0.05, 0.1) is 6.61 Å². The van der Waals surface area contributed by atoms with Gasteiger partial charge in [0, 0.05) is 11.1 Å². The van der Waals surface area contributed by atoms with Gasteiger partial charge in [-0.15, -0.1) is 0 Å². The quantitative estimate of drug-likeness (QED) is 0.750. The first-order chi connectivity index (χ1) is 6.71. The molecule has 3 heteroatoms. The SMILES string of the molecule is FC1(c2cccc(Br)c2)CCCOC1. The number of ether oxygens (including phenoxy) is 1. The summed E-state index contributed by atoms with van der Waals surface area (Å²) in [6.45, 7) is 0.864. The van der Waals surface area contributed by atoms with Crippen LogP contribution in [-0.4, -0.2) is 13.2 Å².